The molecular formula is C27H21F2N5O. The van der Waals surface area contributed by atoms with Crippen LogP contribution < -0.4 is 0 Å². The van der Waals surface area contributed by atoms with Gasteiger partial charge in [-0.1, -0.05) is 43.3 Å². The number of benzene rings is 1. The fraction of sp³-hybridized carbons (Fsp3) is 0.148. The number of aryl methyl sites for hydroxylation is 1. The van der Waals surface area contributed by atoms with Crippen LogP contribution >= 0.6 is 0 Å². The Balaban J connectivity index is 1.60. The van der Waals surface area contributed by atoms with Crippen molar-refractivity contribution in [3.05, 3.63) is 102 Å². The first kappa shape index (κ1) is 22.5. The van der Waals surface area contributed by atoms with E-state index in [-0.39, 0.29) is 17.9 Å². The van der Waals surface area contributed by atoms with Gasteiger partial charge in [0.25, 0.3) is 0 Å². The number of rotatable bonds is 6. The van der Waals surface area contributed by atoms with Crippen molar-refractivity contribution in [2.75, 3.05) is 0 Å². The normalized spacial score (nSPS) is 12.1. The largest absolute Gasteiger partial charge is 0.294 e. The summed E-state index contributed by atoms with van der Waals surface area (Å²) in [5, 5.41) is 8.77. The topological polar surface area (TPSA) is 73.0 Å². The van der Waals surface area contributed by atoms with Gasteiger partial charge in [-0.25, -0.2) is 8.78 Å². The molecule has 4 heterocycles. The molecule has 35 heavy (non-hydrogen) atoms. The highest BCUT2D eigenvalue weighted by atomic mass is 19.1. The van der Waals surface area contributed by atoms with Crippen LogP contribution in [0.5, 0.6) is 0 Å². The van der Waals surface area contributed by atoms with E-state index in [9.17, 15) is 13.6 Å². The van der Waals surface area contributed by atoms with Crippen molar-refractivity contribution in [1.82, 2.24) is 24.6 Å². The SMILES string of the molecule is Cc1ccc(-c2cc(C(=O)C[C@H](C)c3ncc(F)cc3F)cn3c(-c4ccccc4)nnc23)nc1. The number of hydrogen-bond acceptors (Lipinski definition) is 5. The Bertz CT molecular complexity index is 1530. The Hall–Kier alpha value is -4.33. The Morgan fingerprint density at radius 3 is 2.51 bits per heavy atom. The third-order valence-electron chi connectivity index (χ3n) is 5.84. The zero-order valence-corrected chi connectivity index (χ0v) is 19.1. The number of hydrogen-bond donors (Lipinski definition) is 0. The lowest BCUT2D eigenvalue weighted by atomic mass is 9.96. The molecule has 1 atom stereocenters. The maximum absolute atomic E-state index is 14.2. The van der Waals surface area contributed by atoms with Crippen molar-refractivity contribution in [3.8, 4) is 22.6 Å². The molecule has 4 aromatic heterocycles. The monoisotopic (exact) mass is 469 g/mol. The molecule has 5 rings (SSSR count). The van der Waals surface area contributed by atoms with Gasteiger partial charge in [-0.15, -0.1) is 10.2 Å². The number of Topliss-reactive ketones (excluding diaryl/α,β-unsaturated/α-hetero) is 1. The highest BCUT2D eigenvalue weighted by molar-refractivity contribution is 5.98. The van der Waals surface area contributed by atoms with Gasteiger partial charge in [0.05, 0.1) is 17.6 Å². The van der Waals surface area contributed by atoms with Crippen molar-refractivity contribution in [2.45, 2.75) is 26.2 Å². The Morgan fingerprint density at radius 2 is 1.80 bits per heavy atom. The minimum absolute atomic E-state index is 0.00930. The van der Waals surface area contributed by atoms with Gasteiger partial charge in [0.1, 0.15) is 11.6 Å². The van der Waals surface area contributed by atoms with Crippen molar-refractivity contribution < 1.29 is 13.6 Å². The Labute approximate surface area is 200 Å². The first-order valence-corrected chi connectivity index (χ1v) is 11.1. The van der Waals surface area contributed by atoms with Crippen LogP contribution in [0.4, 0.5) is 8.78 Å². The van der Waals surface area contributed by atoms with E-state index >= 15 is 0 Å². The first-order valence-electron chi connectivity index (χ1n) is 11.1. The molecule has 1 aromatic carbocycles. The lowest BCUT2D eigenvalue weighted by Crippen LogP contribution is -2.10. The quantitative estimate of drug-likeness (QED) is 0.293. The molecule has 6 nitrogen and oxygen atoms in total. The average Bonchev–Trinajstić information content (AvgIpc) is 3.28. The van der Waals surface area contributed by atoms with Gasteiger partial charge in [-0.2, -0.15) is 0 Å². The molecule has 0 saturated carbocycles. The van der Waals surface area contributed by atoms with E-state index in [2.05, 4.69) is 20.2 Å². The molecule has 0 aliphatic heterocycles. The molecule has 0 bridgehead atoms. The number of carbonyl (C=O) groups excluding carboxylic acids is 1. The lowest BCUT2D eigenvalue weighted by Gasteiger charge is -2.13. The van der Waals surface area contributed by atoms with Gasteiger partial charge < -0.3 is 0 Å². The molecule has 0 aliphatic carbocycles. The molecule has 8 heteroatoms. The summed E-state index contributed by atoms with van der Waals surface area (Å²) in [6.07, 6.45) is 4.39. The number of carbonyl (C=O) groups is 1. The molecule has 5 aromatic rings. The molecule has 0 unspecified atom stereocenters. The van der Waals surface area contributed by atoms with Crippen LogP contribution in [0.3, 0.4) is 0 Å². The minimum atomic E-state index is -0.768. The van der Waals surface area contributed by atoms with E-state index in [0.717, 1.165) is 23.4 Å². The summed E-state index contributed by atoms with van der Waals surface area (Å²) in [5.74, 6) is -1.70. The summed E-state index contributed by atoms with van der Waals surface area (Å²) in [7, 11) is 0. The predicted octanol–water partition coefficient (Wildman–Crippen LogP) is 5.82. The number of halogens is 2. The number of pyridine rings is 3. The summed E-state index contributed by atoms with van der Waals surface area (Å²) in [6, 6.07) is 15.9. The van der Waals surface area contributed by atoms with Crippen LogP contribution in [0.25, 0.3) is 28.3 Å². The highest BCUT2D eigenvalue weighted by Crippen LogP contribution is 2.29. The van der Waals surface area contributed by atoms with Crippen LogP contribution in [0, 0.1) is 18.6 Å². The number of ketones is 1. The van der Waals surface area contributed by atoms with Gasteiger partial charge >= 0.3 is 0 Å². The number of aromatic nitrogens is 5. The molecule has 0 spiro atoms. The van der Waals surface area contributed by atoms with Crippen LogP contribution in [0.15, 0.2) is 73.2 Å². The molecule has 0 saturated heterocycles. The van der Waals surface area contributed by atoms with E-state index in [1.165, 1.54) is 0 Å². The van der Waals surface area contributed by atoms with Crippen molar-refractivity contribution in [2.24, 2.45) is 0 Å². The second-order valence-corrected chi connectivity index (χ2v) is 8.50. The summed E-state index contributed by atoms with van der Waals surface area (Å²) in [6.45, 7) is 3.64. The third kappa shape index (κ3) is 4.42. The van der Waals surface area contributed by atoms with Gasteiger partial charge in [0, 0.05) is 47.5 Å². The van der Waals surface area contributed by atoms with Gasteiger partial charge in [-0.3, -0.25) is 19.2 Å². The standard InChI is InChI=1S/C27H21F2N5O/c1-16-8-9-23(30-13-16)21-11-19(24(35)10-17(2)25-22(29)12-20(28)14-31-25)15-34-26(32-33-27(21)34)18-6-4-3-5-7-18/h3-9,11-15,17H,10H2,1-2H3/t17-/m0/s1. The van der Waals surface area contributed by atoms with E-state index in [1.807, 2.05) is 49.4 Å². The van der Waals surface area contributed by atoms with Crippen molar-refractivity contribution in [3.63, 3.8) is 0 Å². The van der Waals surface area contributed by atoms with Crippen LogP contribution in [-0.2, 0) is 0 Å². The third-order valence-corrected chi connectivity index (χ3v) is 5.84. The molecule has 0 radical (unpaired) electrons. The summed E-state index contributed by atoms with van der Waals surface area (Å²) < 4.78 is 29.3. The lowest BCUT2D eigenvalue weighted by molar-refractivity contribution is 0.0974. The van der Waals surface area contributed by atoms with E-state index in [0.29, 0.717) is 28.3 Å². The van der Waals surface area contributed by atoms with Crippen LogP contribution in [0.1, 0.15) is 40.9 Å². The summed E-state index contributed by atoms with van der Waals surface area (Å²) >= 11 is 0. The van der Waals surface area contributed by atoms with Crippen LogP contribution in [-0.4, -0.2) is 30.3 Å². The summed E-state index contributed by atoms with van der Waals surface area (Å²) in [4.78, 5) is 21.7. The molecular weight excluding hydrogens is 448 g/mol. The highest BCUT2D eigenvalue weighted by Gasteiger charge is 2.21. The maximum Gasteiger partial charge on any atom is 0.170 e. The molecule has 174 valence electrons. The predicted molar refractivity (Wildman–Crippen MR) is 128 cm³/mol. The zero-order valence-electron chi connectivity index (χ0n) is 19.1. The second kappa shape index (κ2) is 9.13. The Kier molecular flexibility index (Phi) is 5.86. The van der Waals surface area contributed by atoms with Gasteiger partial charge in [0.15, 0.2) is 17.3 Å². The summed E-state index contributed by atoms with van der Waals surface area (Å²) in [5.41, 5.74) is 4.18. The van der Waals surface area contributed by atoms with E-state index in [1.54, 1.807) is 29.8 Å². The number of nitrogens with zero attached hydrogens (tertiary/aromatic N) is 5. The van der Waals surface area contributed by atoms with Crippen LogP contribution in [0.2, 0.25) is 0 Å². The van der Waals surface area contributed by atoms with E-state index in [4.69, 9.17) is 0 Å². The fourth-order valence-corrected chi connectivity index (χ4v) is 4.03. The van der Waals surface area contributed by atoms with E-state index < -0.39 is 17.6 Å². The fourth-order valence-electron chi connectivity index (χ4n) is 4.03. The van der Waals surface area contributed by atoms with Crippen molar-refractivity contribution >= 4 is 11.4 Å². The van der Waals surface area contributed by atoms with Gasteiger partial charge in [0.2, 0.25) is 0 Å². The molecule has 0 fully saturated rings. The smallest absolute Gasteiger partial charge is 0.170 e. The maximum atomic E-state index is 14.2. The first-order chi connectivity index (χ1) is 16.9. The Morgan fingerprint density at radius 1 is 1.00 bits per heavy atom. The van der Waals surface area contributed by atoms with Crippen molar-refractivity contribution in [1.29, 1.82) is 0 Å². The molecule has 0 N–H and O–H groups in total. The zero-order chi connectivity index (χ0) is 24.5. The second-order valence-electron chi connectivity index (χ2n) is 8.50. The number of fused-ring (bicyclic) bond motifs is 1. The molecule has 0 aliphatic rings. The average molecular weight is 469 g/mol. The minimum Gasteiger partial charge on any atom is -0.294 e. The molecule has 0 amide bonds. The van der Waals surface area contributed by atoms with Gasteiger partial charge in [-0.05, 0) is 24.6 Å².